The van der Waals surface area contributed by atoms with Gasteiger partial charge in [-0.1, -0.05) is 30.3 Å². The van der Waals surface area contributed by atoms with Crippen LogP contribution in [0.5, 0.6) is 5.75 Å². The van der Waals surface area contributed by atoms with Crippen LogP contribution >= 0.6 is 0 Å². The van der Waals surface area contributed by atoms with E-state index in [1.54, 1.807) is 4.90 Å². The topological polar surface area (TPSA) is 68.7 Å². The lowest BCUT2D eigenvalue weighted by Gasteiger charge is -2.31. The van der Waals surface area contributed by atoms with Crippen molar-refractivity contribution in [1.82, 2.24) is 9.88 Å². The van der Waals surface area contributed by atoms with Gasteiger partial charge in [-0.05, 0) is 49.7 Å². The number of aryl methyl sites for hydroxylation is 1. The zero-order valence-electron chi connectivity index (χ0n) is 16.2. The summed E-state index contributed by atoms with van der Waals surface area (Å²) in [5, 5.41) is 0. The number of hydrogen-bond donors (Lipinski definition) is 0. The van der Waals surface area contributed by atoms with Crippen molar-refractivity contribution in [3.8, 4) is 5.75 Å². The normalized spacial score (nSPS) is 14.5. The monoisotopic (exact) mass is 382 g/mol. The molecule has 1 aromatic carbocycles. The van der Waals surface area contributed by atoms with Gasteiger partial charge in [-0.15, -0.1) is 0 Å². The van der Waals surface area contributed by atoms with Crippen molar-refractivity contribution in [3.05, 3.63) is 59.9 Å². The summed E-state index contributed by atoms with van der Waals surface area (Å²) in [6, 6.07) is 12.0. The third-order valence-corrected chi connectivity index (χ3v) is 5.13. The molecule has 0 radical (unpaired) electrons. The Morgan fingerprint density at radius 3 is 2.61 bits per heavy atom. The van der Waals surface area contributed by atoms with Gasteiger partial charge >= 0.3 is 12.1 Å². The van der Waals surface area contributed by atoms with Crippen molar-refractivity contribution in [1.29, 1.82) is 0 Å². The second-order valence-electron chi connectivity index (χ2n) is 7.08. The molecule has 0 saturated carbocycles. The van der Waals surface area contributed by atoms with E-state index in [2.05, 4.69) is 34.0 Å². The maximum atomic E-state index is 12.4. The molecule has 0 N–H and O–H groups in total. The number of pyridine rings is 1. The molecule has 1 amide bonds. The Kier molecular flexibility index (Phi) is 7.00. The minimum atomic E-state index is -0.512. The summed E-state index contributed by atoms with van der Waals surface area (Å²) in [7, 11) is 1.30. The minimum absolute atomic E-state index is 0.248. The van der Waals surface area contributed by atoms with Gasteiger partial charge in [-0.2, -0.15) is 0 Å². The number of hydrogen-bond acceptors (Lipinski definition) is 5. The summed E-state index contributed by atoms with van der Waals surface area (Å²) in [4.78, 5) is 29.6. The Morgan fingerprint density at radius 2 is 1.89 bits per heavy atom. The second-order valence-corrected chi connectivity index (χ2v) is 7.08. The summed E-state index contributed by atoms with van der Waals surface area (Å²) < 4.78 is 10.0. The van der Waals surface area contributed by atoms with Gasteiger partial charge in [-0.3, -0.25) is 4.98 Å². The van der Waals surface area contributed by atoms with Crippen molar-refractivity contribution < 1.29 is 19.1 Å². The van der Waals surface area contributed by atoms with Crippen LogP contribution in [0.4, 0.5) is 4.79 Å². The van der Waals surface area contributed by atoms with E-state index in [9.17, 15) is 9.59 Å². The van der Waals surface area contributed by atoms with E-state index in [0.29, 0.717) is 19.0 Å². The standard InChI is InChI=1S/C22H26N2O4/c1-27-21(25)19-14-20(16-23-15-19)28-22(26)24-12-10-18(11-13-24)9-5-8-17-6-3-2-4-7-17/h2-4,6-7,14-16,18H,5,8-13H2,1H3. The van der Waals surface area contributed by atoms with Crippen LogP contribution in [0.15, 0.2) is 48.8 Å². The first kappa shape index (κ1) is 19.9. The number of esters is 1. The molecule has 0 bridgehead atoms. The second kappa shape index (κ2) is 9.88. The van der Waals surface area contributed by atoms with E-state index in [-0.39, 0.29) is 11.3 Å². The molecule has 0 unspecified atom stereocenters. The van der Waals surface area contributed by atoms with E-state index in [0.717, 1.165) is 19.3 Å². The molecule has 0 aliphatic carbocycles. The molecular formula is C22H26N2O4. The molecule has 1 aliphatic heterocycles. The van der Waals surface area contributed by atoms with Crippen LogP contribution in [0.2, 0.25) is 0 Å². The van der Waals surface area contributed by atoms with Gasteiger partial charge in [0.15, 0.2) is 5.75 Å². The highest BCUT2D eigenvalue weighted by Crippen LogP contribution is 2.24. The van der Waals surface area contributed by atoms with Crippen LogP contribution in [-0.4, -0.2) is 42.1 Å². The van der Waals surface area contributed by atoms with E-state index < -0.39 is 12.1 Å². The third kappa shape index (κ3) is 5.55. The summed E-state index contributed by atoms with van der Waals surface area (Å²) in [6.45, 7) is 1.39. The number of nitrogens with zero attached hydrogens (tertiary/aromatic N) is 2. The predicted octanol–water partition coefficient (Wildman–Crippen LogP) is 4.10. The molecule has 6 nitrogen and oxygen atoms in total. The van der Waals surface area contributed by atoms with Crippen LogP contribution in [0, 0.1) is 5.92 Å². The van der Waals surface area contributed by atoms with Crippen molar-refractivity contribution in [3.63, 3.8) is 0 Å². The number of carbonyl (C=O) groups is 2. The first-order chi connectivity index (χ1) is 13.7. The van der Waals surface area contributed by atoms with Crippen LogP contribution in [-0.2, 0) is 11.2 Å². The highest BCUT2D eigenvalue weighted by molar-refractivity contribution is 5.89. The minimum Gasteiger partial charge on any atom is -0.465 e. The van der Waals surface area contributed by atoms with E-state index >= 15 is 0 Å². The highest BCUT2D eigenvalue weighted by atomic mass is 16.6. The fraction of sp³-hybridized carbons (Fsp3) is 0.409. The number of methoxy groups -OCH3 is 1. The number of carbonyl (C=O) groups excluding carboxylic acids is 2. The Balaban J connectivity index is 1.42. The SMILES string of the molecule is COC(=O)c1cncc(OC(=O)N2CCC(CCCc3ccccc3)CC2)c1. The Labute approximate surface area is 165 Å². The number of ether oxygens (including phenoxy) is 2. The van der Waals surface area contributed by atoms with Crippen LogP contribution < -0.4 is 4.74 Å². The summed E-state index contributed by atoms with van der Waals surface area (Å²) in [5.74, 6) is 0.386. The van der Waals surface area contributed by atoms with Crippen molar-refractivity contribution >= 4 is 12.1 Å². The maximum Gasteiger partial charge on any atom is 0.415 e. The predicted molar refractivity (Wildman–Crippen MR) is 105 cm³/mol. The van der Waals surface area contributed by atoms with Crippen molar-refractivity contribution in [2.24, 2.45) is 5.92 Å². The summed E-state index contributed by atoms with van der Waals surface area (Å²) >= 11 is 0. The number of aromatic nitrogens is 1. The molecule has 0 spiro atoms. The molecule has 1 aromatic heterocycles. The Bertz CT molecular complexity index is 786. The Morgan fingerprint density at radius 1 is 1.14 bits per heavy atom. The molecule has 2 aromatic rings. The zero-order valence-corrected chi connectivity index (χ0v) is 16.2. The number of likely N-dealkylation sites (tertiary alicyclic amines) is 1. The lowest BCUT2D eigenvalue weighted by molar-refractivity contribution is 0.0599. The first-order valence-electron chi connectivity index (χ1n) is 9.70. The number of amides is 1. The van der Waals surface area contributed by atoms with Crippen molar-refractivity contribution in [2.45, 2.75) is 32.1 Å². The van der Waals surface area contributed by atoms with Gasteiger partial charge in [0.25, 0.3) is 0 Å². The molecule has 0 atom stereocenters. The van der Waals surface area contributed by atoms with Crippen LogP contribution in [0.1, 0.15) is 41.6 Å². The van der Waals surface area contributed by atoms with Crippen LogP contribution in [0.3, 0.4) is 0 Å². The smallest absolute Gasteiger partial charge is 0.415 e. The third-order valence-electron chi connectivity index (χ3n) is 5.13. The molecule has 3 rings (SSSR count). The van der Waals surface area contributed by atoms with Gasteiger partial charge in [0.2, 0.25) is 0 Å². The van der Waals surface area contributed by atoms with E-state index in [1.807, 2.05) is 6.07 Å². The quantitative estimate of drug-likeness (QED) is 0.704. The molecule has 1 aliphatic rings. The molecular weight excluding hydrogens is 356 g/mol. The van der Waals surface area contributed by atoms with Crippen molar-refractivity contribution in [2.75, 3.05) is 20.2 Å². The largest absolute Gasteiger partial charge is 0.465 e. The van der Waals surface area contributed by atoms with Gasteiger partial charge < -0.3 is 14.4 Å². The average Bonchev–Trinajstić information content (AvgIpc) is 2.74. The highest BCUT2D eigenvalue weighted by Gasteiger charge is 2.24. The van der Waals surface area contributed by atoms with E-state index in [4.69, 9.17) is 4.74 Å². The lowest BCUT2D eigenvalue weighted by Crippen LogP contribution is -2.40. The summed E-state index contributed by atoms with van der Waals surface area (Å²) in [5.41, 5.74) is 1.64. The number of piperidine rings is 1. The average molecular weight is 382 g/mol. The number of benzene rings is 1. The maximum absolute atomic E-state index is 12.4. The van der Waals surface area contributed by atoms with Gasteiger partial charge in [0.05, 0.1) is 18.9 Å². The fourth-order valence-electron chi connectivity index (χ4n) is 3.51. The fourth-order valence-corrected chi connectivity index (χ4v) is 3.51. The Hall–Kier alpha value is -2.89. The van der Waals surface area contributed by atoms with Gasteiger partial charge in [0, 0.05) is 19.3 Å². The number of rotatable bonds is 6. The zero-order chi connectivity index (χ0) is 19.8. The molecule has 28 heavy (non-hydrogen) atoms. The molecule has 1 fully saturated rings. The summed E-state index contributed by atoms with van der Waals surface area (Å²) in [6.07, 6.45) is 7.84. The molecule has 148 valence electrons. The first-order valence-corrected chi connectivity index (χ1v) is 9.70. The molecule has 6 heteroatoms. The molecule has 2 heterocycles. The van der Waals surface area contributed by atoms with E-state index in [1.165, 1.54) is 44.0 Å². The van der Waals surface area contributed by atoms with Crippen LogP contribution in [0.25, 0.3) is 0 Å². The van der Waals surface area contributed by atoms with Gasteiger partial charge in [-0.25, -0.2) is 9.59 Å². The lowest BCUT2D eigenvalue weighted by atomic mass is 9.91. The molecule has 1 saturated heterocycles. The van der Waals surface area contributed by atoms with Gasteiger partial charge in [0.1, 0.15) is 0 Å².